The highest BCUT2D eigenvalue weighted by molar-refractivity contribution is 5.82. The summed E-state index contributed by atoms with van der Waals surface area (Å²) in [4.78, 5) is 12.3. The Morgan fingerprint density at radius 2 is 1.86 bits per heavy atom. The average molecular weight is 285 g/mol. The molecule has 3 rings (SSSR count). The number of hydrogen-bond acceptors (Lipinski definition) is 2. The van der Waals surface area contributed by atoms with E-state index < -0.39 is 0 Å². The lowest BCUT2D eigenvalue weighted by Gasteiger charge is -2.10. The van der Waals surface area contributed by atoms with Gasteiger partial charge in [0.05, 0.1) is 12.2 Å². The molecule has 2 aromatic heterocycles. The molecular weight excluding hydrogens is 269 g/mol. The number of hydrogen-bond donors (Lipinski definition) is 0. The van der Waals surface area contributed by atoms with Crippen molar-refractivity contribution in [3.05, 3.63) is 63.3 Å². The van der Waals surface area contributed by atoms with E-state index in [1.54, 1.807) is 27.4 Å². The first kappa shape index (κ1) is 13.5. The van der Waals surface area contributed by atoms with Gasteiger partial charge >= 0.3 is 0 Å². The van der Waals surface area contributed by atoms with E-state index in [0.717, 1.165) is 27.9 Å². The van der Waals surface area contributed by atoms with E-state index in [9.17, 15) is 9.18 Å². The molecule has 0 saturated carbocycles. The first-order valence-corrected chi connectivity index (χ1v) is 6.75. The highest BCUT2D eigenvalue weighted by Crippen LogP contribution is 2.20. The van der Waals surface area contributed by atoms with Gasteiger partial charge < -0.3 is 0 Å². The van der Waals surface area contributed by atoms with Gasteiger partial charge in [-0.15, -0.1) is 0 Å². The highest BCUT2D eigenvalue weighted by Gasteiger charge is 2.14. The van der Waals surface area contributed by atoms with Crippen LogP contribution in [0.4, 0.5) is 4.39 Å². The van der Waals surface area contributed by atoms with E-state index in [0.29, 0.717) is 6.54 Å². The second-order valence-electron chi connectivity index (χ2n) is 5.29. The lowest BCUT2D eigenvalue weighted by Crippen LogP contribution is -2.22. The van der Waals surface area contributed by atoms with Crippen LogP contribution in [-0.4, -0.2) is 14.3 Å². The van der Waals surface area contributed by atoms with Gasteiger partial charge in [0.15, 0.2) is 0 Å². The lowest BCUT2D eigenvalue weighted by molar-refractivity contribution is 0.626. The smallest absolute Gasteiger partial charge is 0.252 e. The largest absolute Gasteiger partial charge is 0.288 e. The van der Waals surface area contributed by atoms with Gasteiger partial charge in [-0.2, -0.15) is 5.10 Å². The predicted molar refractivity (Wildman–Crippen MR) is 80.0 cm³/mol. The Hall–Kier alpha value is -2.43. The van der Waals surface area contributed by atoms with Crippen LogP contribution in [0.2, 0.25) is 0 Å². The Bertz CT molecular complexity index is 875. The van der Waals surface area contributed by atoms with Crippen molar-refractivity contribution < 1.29 is 4.39 Å². The maximum Gasteiger partial charge on any atom is 0.252 e. The third-order valence-corrected chi connectivity index (χ3v) is 3.70. The quantitative estimate of drug-likeness (QED) is 0.726. The molecule has 4 nitrogen and oxygen atoms in total. The summed E-state index contributed by atoms with van der Waals surface area (Å²) in [5, 5.41) is 5.40. The molecule has 5 heteroatoms. The molecule has 108 valence electrons. The summed E-state index contributed by atoms with van der Waals surface area (Å²) in [5.74, 6) is -0.281. The zero-order valence-corrected chi connectivity index (χ0v) is 12.2. The average Bonchev–Trinajstić information content (AvgIpc) is 2.72. The second kappa shape index (κ2) is 4.84. The Kier molecular flexibility index (Phi) is 3.12. The third kappa shape index (κ3) is 2.24. The lowest BCUT2D eigenvalue weighted by atomic mass is 10.1. The number of rotatable bonds is 2. The van der Waals surface area contributed by atoms with E-state index in [2.05, 4.69) is 5.10 Å². The van der Waals surface area contributed by atoms with Crippen molar-refractivity contribution in [2.75, 3.05) is 0 Å². The van der Waals surface area contributed by atoms with Crippen molar-refractivity contribution in [3.63, 3.8) is 0 Å². The van der Waals surface area contributed by atoms with Gasteiger partial charge in [0, 0.05) is 18.5 Å². The van der Waals surface area contributed by atoms with Crippen molar-refractivity contribution in [1.82, 2.24) is 14.3 Å². The van der Waals surface area contributed by atoms with Crippen LogP contribution in [0.15, 0.2) is 35.1 Å². The summed E-state index contributed by atoms with van der Waals surface area (Å²) in [6.45, 7) is 4.25. The molecular formula is C16H16FN3O. The zero-order chi connectivity index (χ0) is 15.1. The Labute approximate surface area is 121 Å². The molecule has 0 fully saturated rings. The van der Waals surface area contributed by atoms with Gasteiger partial charge in [-0.3, -0.25) is 14.0 Å². The summed E-state index contributed by atoms with van der Waals surface area (Å²) >= 11 is 0. The van der Waals surface area contributed by atoms with E-state index in [1.807, 2.05) is 20.9 Å². The van der Waals surface area contributed by atoms with Crippen molar-refractivity contribution in [1.29, 1.82) is 0 Å². The number of nitrogens with zero attached hydrogens (tertiary/aromatic N) is 3. The molecule has 0 amide bonds. The number of aromatic nitrogens is 3. The van der Waals surface area contributed by atoms with Crippen LogP contribution in [0.3, 0.4) is 0 Å². The fourth-order valence-electron chi connectivity index (χ4n) is 2.78. The minimum atomic E-state index is -0.281. The molecule has 0 atom stereocenters. The summed E-state index contributed by atoms with van der Waals surface area (Å²) in [7, 11) is 1.83. The molecule has 0 saturated heterocycles. The topological polar surface area (TPSA) is 39.8 Å². The molecule has 0 aliphatic rings. The Morgan fingerprint density at radius 1 is 1.19 bits per heavy atom. The molecule has 2 heterocycles. The first-order valence-electron chi connectivity index (χ1n) is 6.75. The summed E-state index contributed by atoms with van der Waals surface area (Å²) in [5.41, 5.74) is 3.42. The van der Waals surface area contributed by atoms with Crippen LogP contribution in [0.5, 0.6) is 0 Å². The van der Waals surface area contributed by atoms with Gasteiger partial charge in [0.2, 0.25) is 0 Å². The number of fused-ring (bicyclic) bond motifs is 1. The number of pyridine rings is 1. The van der Waals surface area contributed by atoms with Crippen molar-refractivity contribution in [2.45, 2.75) is 20.4 Å². The molecule has 0 spiro atoms. The van der Waals surface area contributed by atoms with Crippen LogP contribution in [0, 0.1) is 19.7 Å². The van der Waals surface area contributed by atoms with Crippen molar-refractivity contribution in [3.8, 4) is 0 Å². The fraction of sp³-hybridized carbons (Fsp3) is 0.250. The van der Waals surface area contributed by atoms with E-state index in [-0.39, 0.29) is 11.4 Å². The second-order valence-corrected chi connectivity index (χ2v) is 5.29. The molecule has 3 aromatic rings. The van der Waals surface area contributed by atoms with E-state index in [1.165, 1.54) is 12.1 Å². The molecule has 21 heavy (non-hydrogen) atoms. The zero-order valence-electron chi connectivity index (χ0n) is 12.2. The summed E-state index contributed by atoms with van der Waals surface area (Å²) < 4.78 is 16.4. The van der Waals surface area contributed by atoms with Crippen molar-refractivity contribution >= 4 is 11.0 Å². The Morgan fingerprint density at radius 3 is 2.52 bits per heavy atom. The highest BCUT2D eigenvalue weighted by atomic mass is 19.1. The van der Waals surface area contributed by atoms with Gasteiger partial charge in [-0.25, -0.2) is 4.39 Å². The normalized spacial score (nSPS) is 11.2. The monoisotopic (exact) mass is 285 g/mol. The van der Waals surface area contributed by atoms with E-state index >= 15 is 0 Å². The molecule has 0 aliphatic heterocycles. The van der Waals surface area contributed by atoms with E-state index in [4.69, 9.17) is 0 Å². The van der Waals surface area contributed by atoms with Crippen LogP contribution >= 0.6 is 0 Å². The van der Waals surface area contributed by atoms with Crippen LogP contribution in [0.25, 0.3) is 11.0 Å². The van der Waals surface area contributed by atoms with Crippen LogP contribution < -0.4 is 5.56 Å². The van der Waals surface area contributed by atoms with Gasteiger partial charge in [-0.05, 0) is 37.1 Å². The summed E-state index contributed by atoms with van der Waals surface area (Å²) in [6, 6.07) is 7.81. The molecule has 0 aliphatic carbocycles. The summed E-state index contributed by atoms with van der Waals surface area (Å²) in [6.07, 6.45) is 0. The van der Waals surface area contributed by atoms with Gasteiger partial charge in [0.1, 0.15) is 11.5 Å². The van der Waals surface area contributed by atoms with Crippen LogP contribution in [0.1, 0.15) is 16.8 Å². The first-order chi connectivity index (χ1) is 9.97. The Balaban J connectivity index is 2.22. The molecule has 0 bridgehead atoms. The number of benzene rings is 1. The third-order valence-electron chi connectivity index (χ3n) is 3.70. The van der Waals surface area contributed by atoms with Gasteiger partial charge in [-0.1, -0.05) is 12.1 Å². The number of aryl methyl sites for hydroxylation is 3. The maximum absolute atomic E-state index is 13.0. The molecule has 0 unspecified atom stereocenters. The molecule has 1 aromatic carbocycles. The number of halogens is 1. The van der Waals surface area contributed by atoms with Gasteiger partial charge in [0.25, 0.3) is 5.56 Å². The maximum atomic E-state index is 13.0. The fourth-order valence-corrected chi connectivity index (χ4v) is 2.78. The standard InChI is InChI=1S/C16H16FN3O/c1-10-8-14(21)20(9-12-4-6-13(17)7-5-12)16-15(10)11(2)18-19(16)3/h4-8H,9H2,1-3H3. The minimum Gasteiger partial charge on any atom is -0.288 e. The minimum absolute atomic E-state index is 0.0766. The SMILES string of the molecule is Cc1cc(=O)n(Cc2ccc(F)cc2)c2c1c(C)nn2C. The predicted octanol–water partition coefficient (Wildman–Crippen LogP) is 2.54. The molecule has 0 radical (unpaired) electrons. The van der Waals surface area contributed by atoms with Crippen molar-refractivity contribution in [2.24, 2.45) is 7.05 Å². The molecule has 0 N–H and O–H groups in total. The van der Waals surface area contributed by atoms with Crippen LogP contribution in [-0.2, 0) is 13.6 Å².